The SMILES string of the molecule is c1ccc(-c2ccc(N(c3ccc4c(c3)C(c3ccccc3)(c3ccccc3)c3ccccc3-4)c3ccc4c(ccc5cc(-c6ccccc6)ccc54)c3)cc2)cc1. The van der Waals surface area contributed by atoms with E-state index in [1.807, 2.05) is 0 Å². The lowest BCUT2D eigenvalue weighted by Gasteiger charge is -2.35. The maximum Gasteiger partial charge on any atom is 0.0714 e. The zero-order valence-corrected chi connectivity index (χ0v) is 32.0. The summed E-state index contributed by atoms with van der Waals surface area (Å²) in [5.41, 5.74) is 15.4. The molecule has 0 unspecified atom stereocenters. The molecule has 0 saturated heterocycles. The number of anilines is 3. The quantitative estimate of drug-likeness (QED) is 0.147. The summed E-state index contributed by atoms with van der Waals surface area (Å²) >= 11 is 0. The van der Waals surface area contributed by atoms with E-state index in [0.29, 0.717) is 0 Å². The fraction of sp³-hybridized carbons (Fsp3) is 0.0175. The third-order valence-electron chi connectivity index (χ3n) is 12.1. The van der Waals surface area contributed by atoms with Crippen molar-refractivity contribution in [1.82, 2.24) is 0 Å². The highest BCUT2D eigenvalue weighted by Crippen LogP contribution is 2.57. The normalized spacial score (nSPS) is 12.6. The third kappa shape index (κ3) is 5.47. The molecule has 0 aromatic heterocycles. The number of hydrogen-bond donors (Lipinski definition) is 0. The average molecular weight is 738 g/mol. The van der Waals surface area contributed by atoms with Gasteiger partial charge in [-0.1, -0.05) is 194 Å². The van der Waals surface area contributed by atoms with Crippen molar-refractivity contribution in [2.45, 2.75) is 5.41 Å². The van der Waals surface area contributed by atoms with E-state index in [0.717, 1.165) is 17.1 Å². The van der Waals surface area contributed by atoms with Gasteiger partial charge in [-0.25, -0.2) is 0 Å². The van der Waals surface area contributed by atoms with Gasteiger partial charge in [-0.05, 0) is 120 Å². The number of nitrogens with zero attached hydrogens (tertiary/aromatic N) is 1. The minimum atomic E-state index is -0.492. The van der Waals surface area contributed by atoms with Crippen molar-refractivity contribution in [3.8, 4) is 33.4 Å². The Balaban J connectivity index is 1.11. The first-order valence-electron chi connectivity index (χ1n) is 20.1. The van der Waals surface area contributed by atoms with E-state index < -0.39 is 5.41 Å². The Hall–Kier alpha value is -7.48. The van der Waals surface area contributed by atoms with Crippen LogP contribution in [0.15, 0.2) is 237 Å². The maximum atomic E-state index is 2.45. The number of hydrogen-bond acceptors (Lipinski definition) is 1. The van der Waals surface area contributed by atoms with Gasteiger partial charge in [0.25, 0.3) is 0 Å². The van der Waals surface area contributed by atoms with Gasteiger partial charge in [0.1, 0.15) is 0 Å². The van der Waals surface area contributed by atoms with Crippen molar-refractivity contribution in [3.05, 3.63) is 259 Å². The van der Waals surface area contributed by atoms with Gasteiger partial charge in [0.2, 0.25) is 0 Å². The van der Waals surface area contributed by atoms with Crippen LogP contribution in [-0.4, -0.2) is 0 Å². The van der Waals surface area contributed by atoms with Crippen LogP contribution in [0.25, 0.3) is 54.9 Å². The second kappa shape index (κ2) is 13.9. The molecule has 0 amide bonds. The molecule has 0 saturated carbocycles. The van der Waals surface area contributed by atoms with Gasteiger partial charge in [-0.3, -0.25) is 0 Å². The predicted octanol–water partition coefficient (Wildman–Crippen LogP) is 15.2. The summed E-state index contributed by atoms with van der Waals surface area (Å²) in [6, 6.07) is 86.8. The van der Waals surface area contributed by atoms with Crippen LogP contribution in [0.1, 0.15) is 22.3 Å². The molecule has 1 heteroatoms. The Morgan fingerprint density at radius 1 is 0.276 bits per heavy atom. The van der Waals surface area contributed by atoms with Crippen molar-refractivity contribution in [2.75, 3.05) is 4.90 Å². The Labute approximate surface area is 339 Å². The van der Waals surface area contributed by atoms with Crippen molar-refractivity contribution in [3.63, 3.8) is 0 Å². The number of benzene rings is 10. The van der Waals surface area contributed by atoms with E-state index in [-0.39, 0.29) is 0 Å². The van der Waals surface area contributed by atoms with Gasteiger partial charge in [-0.15, -0.1) is 0 Å². The Kier molecular flexibility index (Phi) is 8.12. The molecule has 0 heterocycles. The molecule has 0 spiro atoms. The van der Waals surface area contributed by atoms with Crippen LogP contribution >= 0.6 is 0 Å². The van der Waals surface area contributed by atoms with Gasteiger partial charge in [-0.2, -0.15) is 0 Å². The highest BCUT2D eigenvalue weighted by atomic mass is 15.1. The summed E-state index contributed by atoms with van der Waals surface area (Å²) in [4.78, 5) is 2.43. The highest BCUT2D eigenvalue weighted by Gasteiger charge is 2.46. The predicted molar refractivity (Wildman–Crippen MR) is 244 cm³/mol. The van der Waals surface area contributed by atoms with Crippen molar-refractivity contribution >= 4 is 38.6 Å². The Morgan fingerprint density at radius 2 is 0.724 bits per heavy atom. The Morgan fingerprint density at radius 3 is 1.38 bits per heavy atom. The monoisotopic (exact) mass is 737 g/mol. The van der Waals surface area contributed by atoms with Gasteiger partial charge in [0.15, 0.2) is 0 Å². The molecular formula is C57H39N. The molecule has 0 atom stereocenters. The summed E-state index contributed by atoms with van der Waals surface area (Å²) in [5, 5.41) is 4.95. The van der Waals surface area contributed by atoms with Crippen LogP contribution in [0.2, 0.25) is 0 Å². The molecule has 1 aliphatic carbocycles. The molecule has 0 aliphatic heterocycles. The third-order valence-corrected chi connectivity index (χ3v) is 12.1. The zero-order chi connectivity index (χ0) is 38.5. The van der Waals surface area contributed by atoms with Gasteiger partial charge in [0.05, 0.1) is 5.41 Å². The van der Waals surface area contributed by atoms with Gasteiger partial charge in [0, 0.05) is 17.1 Å². The van der Waals surface area contributed by atoms with Crippen LogP contribution in [0.3, 0.4) is 0 Å². The van der Waals surface area contributed by atoms with Crippen molar-refractivity contribution in [1.29, 1.82) is 0 Å². The molecule has 0 bridgehead atoms. The van der Waals surface area contributed by atoms with E-state index in [2.05, 4.69) is 241 Å². The Bertz CT molecular complexity index is 3040. The molecule has 272 valence electrons. The molecule has 0 N–H and O–H groups in total. The molecule has 0 radical (unpaired) electrons. The largest absolute Gasteiger partial charge is 0.310 e. The molecule has 1 nitrogen and oxygen atoms in total. The zero-order valence-electron chi connectivity index (χ0n) is 32.0. The van der Waals surface area contributed by atoms with Crippen LogP contribution in [0.5, 0.6) is 0 Å². The molecule has 10 aromatic rings. The molecule has 58 heavy (non-hydrogen) atoms. The van der Waals surface area contributed by atoms with E-state index in [9.17, 15) is 0 Å². The second-order valence-corrected chi connectivity index (χ2v) is 15.3. The smallest absolute Gasteiger partial charge is 0.0714 e. The lowest BCUT2D eigenvalue weighted by Crippen LogP contribution is -2.28. The van der Waals surface area contributed by atoms with Gasteiger partial charge < -0.3 is 4.90 Å². The summed E-state index contributed by atoms with van der Waals surface area (Å²) < 4.78 is 0. The van der Waals surface area contributed by atoms with Gasteiger partial charge >= 0.3 is 0 Å². The lowest BCUT2D eigenvalue weighted by molar-refractivity contribution is 0.768. The van der Waals surface area contributed by atoms with E-state index >= 15 is 0 Å². The summed E-state index contributed by atoms with van der Waals surface area (Å²) in [6.07, 6.45) is 0. The second-order valence-electron chi connectivity index (χ2n) is 15.3. The fourth-order valence-electron chi connectivity index (χ4n) is 9.46. The van der Waals surface area contributed by atoms with E-state index in [1.54, 1.807) is 0 Å². The lowest BCUT2D eigenvalue weighted by atomic mass is 9.67. The van der Waals surface area contributed by atoms with Crippen LogP contribution in [-0.2, 0) is 5.41 Å². The molecule has 0 fully saturated rings. The van der Waals surface area contributed by atoms with E-state index in [1.165, 1.54) is 77.2 Å². The van der Waals surface area contributed by atoms with Crippen LogP contribution in [0, 0.1) is 0 Å². The molecule has 11 rings (SSSR count). The highest BCUT2D eigenvalue weighted by molar-refractivity contribution is 6.09. The van der Waals surface area contributed by atoms with Crippen LogP contribution < -0.4 is 4.90 Å². The first-order valence-corrected chi connectivity index (χ1v) is 20.1. The minimum absolute atomic E-state index is 0.492. The molecule has 10 aromatic carbocycles. The number of fused-ring (bicyclic) bond motifs is 6. The van der Waals surface area contributed by atoms with Crippen molar-refractivity contribution < 1.29 is 0 Å². The van der Waals surface area contributed by atoms with Crippen LogP contribution in [0.4, 0.5) is 17.1 Å². The maximum absolute atomic E-state index is 2.45. The molecular weight excluding hydrogens is 699 g/mol. The topological polar surface area (TPSA) is 3.24 Å². The van der Waals surface area contributed by atoms with Crippen molar-refractivity contribution in [2.24, 2.45) is 0 Å². The first kappa shape index (κ1) is 33.8. The van der Waals surface area contributed by atoms with E-state index in [4.69, 9.17) is 0 Å². The summed E-state index contributed by atoms with van der Waals surface area (Å²) in [7, 11) is 0. The fourth-order valence-corrected chi connectivity index (χ4v) is 9.46. The standard InChI is InChI=1S/C57H39N/c1-5-15-40(16-6-1)42-27-30-48(31-28-42)58(49-32-35-52-45(38-49)26-25-44-37-43(29-34-51(44)52)41-17-7-2-8-18-41)50-33-36-54-53-23-13-14-24-55(53)57(56(54)39-50,46-19-9-3-10-20-46)47-21-11-4-12-22-47/h1-39H. The average Bonchev–Trinajstić information content (AvgIpc) is 3.60. The molecule has 1 aliphatic rings. The summed E-state index contributed by atoms with van der Waals surface area (Å²) in [5.74, 6) is 0. The first-order chi connectivity index (χ1) is 28.8. The minimum Gasteiger partial charge on any atom is -0.310 e. The summed E-state index contributed by atoms with van der Waals surface area (Å²) in [6.45, 7) is 0. The number of rotatable bonds is 7.